The van der Waals surface area contributed by atoms with Crippen LogP contribution in [0, 0.1) is 11.8 Å². The Labute approximate surface area is 108 Å². The van der Waals surface area contributed by atoms with Gasteiger partial charge < -0.3 is 9.47 Å². The number of carbonyl (C=O) groups is 2. The molecule has 0 bridgehead atoms. The third kappa shape index (κ3) is 4.00. The summed E-state index contributed by atoms with van der Waals surface area (Å²) >= 11 is 0. The standard InChI is InChI=1S/C14H22O4/c15-13-7-3-4-8-14(16)18-10-12-6-2-1-5-11(12)9-17-13/h11-12H,1-10H2. The van der Waals surface area contributed by atoms with Crippen molar-refractivity contribution in [1.29, 1.82) is 0 Å². The van der Waals surface area contributed by atoms with Crippen LogP contribution in [0.15, 0.2) is 0 Å². The Morgan fingerprint density at radius 2 is 1.17 bits per heavy atom. The molecule has 1 saturated heterocycles. The highest BCUT2D eigenvalue weighted by Gasteiger charge is 2.27. The zero-order valence-corrected chi connectivity index (χ0v) is 10.9. The van der Waals surface area contributed by atoms with Crippen molar-refractivity contribution in [1.82, 2.24) is 0 Å². The van der Waals surface area contributed by atoms with E-state index in [9.17, 15) is 9.59 Å². The van der Waals surface area contributed by atoms with Crippen molar-refractivity contribution in [2.75, 3.05) is 13.2 Å². The van der Waals surface area contributed by atoms with Crippen molar-refractivity contribution in [3.05, 3.63) is 0 Å². The molecule has 2 aliphatic rings. The van der Waals surface area contributed by atoms with Crippen LogP contribution in [0.4, 0.5) is 0 Å². The largest absolute Gasteiger partial charge is 0.465 e. The first kappa shape index (κ1) is 13.4. The van der Waals surface area contributed by atoms with E-state index in [0.717, 1.165) is 12.8 Å². The van der Waals surface area contributed by atoms with Gasteiger partial charge >= 0.3 is 11.9 Å². The molecule has 4 heteroatoms. The summed E-state index contributed by atoms with van der Waals surface area (Å²) in [5.74, 6) is 0.506. The Hall–Kier alpha value is -1.06. The van der Waals surface area contributed by atoms with Crippen LogP contribution in [0.25, 0.3) is 0 Å². The molecule has 18 heavy (non-hydrogen) atoms. The second-order valence-corrected chi connectivity index (χ2v) is 5.38. The summed E-state index contributed by atoms with van der Waals surface area (Å²) in [5, 5.41) is 0. The van der Waals surface area contributed by atoms with E-state index in [1.54, 1.807) is 0 Å². The average molecular weight is 254 g/mol. The Morgan fingerprint density at radius 1 is 0.722 bits per heavy atom. The smallest absolute Gasteiger partial charge is 0.305 e. The van der Waals surface area contributed by atoms with Crippen molar-refractivity contribution < 1.29 is 19.1 Å². The lowest BCUT2D eigenvalue weighted by Crippen LogP contribution is -2.30. The highest BCUT2D eigenvalue weighted by molar-refractivity contribution is 5.70. The molecule has 2 fully saturated rings. The fraction of sp³-hybridized carbons (Fsp3) is 0.857. The van der Waals surface area contributed by atoms with Crippen LogP contribution in [0.3, 0.4) is 0 Å². The molecule has 0 N–H and O–H groups in total. The first-order chi connectivity index (χ1) is 8.75. The molecular formula is C14H22O4. The highest BCUT2D eigenvalue weighted by atomic mass is 16.5. The molecule has 0 spiro atoms. The second kappa shape index (κ2) is 6.76. The number of hydrogen-bond acceptors (Lipinski definition) is 4. The zero-order valence-electron chi connectivity index (χ0n) is 10.9. The lowest BCUT2D eigenvalue weighted by Gasteiger charge is -2.31. The van der Waals surface area contributed by atoms with Gasteiger partial charge in [-0.1, -0.05) is 12.8 Å². The van der Waals surface area contributed by atoms with E-state index in [-0.39, 0.29) is 11.9 Å². The number of esters is 2. The summed E-state index contributed by atoms with van der Waals surface area (Å²) in [7, 11) is 0. The maximum atomic E-state index is 11.5. The van der Waals surface area contributed by atoms with Gasteiger partial charge in [-0.25, -0.2) is 0 Å². The van der Waals surface area contributed by atoms with Gasteiger partial charge in [-0.05, 0) is 37.5 Å². The Bertz CT molecular complexity index is 270. The molecule has 1 saturated carbocycles. The van der Waals surface area contributed by atoms with Gasteiger partial charge in [-0.2, -0.15) is 0 Å². The van der Waals surface area contributed by atoms with Crippen LogP contribution < -0.4 is 0 Å². The molecule has 1 heterocycles. The molecule has 0 aromatic rings. The minimum atomic E-state index is -0.117. The summed E-state index contributed by atoms with van der Waals surface area (Å²) in [6, 6.07) is 0. The van der Waals surface area contributed by atoms with Gasteiger partial charge in [0.25, 0.3) is 0 Å². The third-order valence-electron chi connectivity index (χ3n) is 4.00. The Kier molecular flexibility index (Phi) is 5.02. The molecule has 1 aliphatic heterocycles. The van der Waals surface area contributed by atoms with Gasteiger partial charge in [0.05, 0.1) is 13.2 Å². The molecule has 2 rings (SSSR count). The van der Waals surface area contributed by atoms with E-state index in [4.69, 9.17) is 9.47 Å². The molecule has 0 aromatic heterocycles. The van der Waals surface area contributed by atoms with E-state index in [1.165, 1.54) is 12.8 Å². The van der Waals surface area contributed by atoms with Crippen LogP contribution in [0.5, 0.6) is 0 Å². The molecule has 2 atom stereocenters. The zero-order chi connectivity index (χ0) is 12.8. The first-order valence-corrected chi connectivity index (χ1v) is 7.07. The maximum Gasteiger partial charge on any atom is 0.305 e. The lowest BCUT2D eigenvalue weighted by atomic mass is 9.80. The van der Waals surface area contributed by atoms with E-state index >= 15 is 0 Å². The van der Waals surface area contributed by atoms with E-state index in [0.29, 0.717) is 50.7 Å². The molecule has 4 nitrogen and oxygen atoms in total. The summed E-state index contributed by atoms with van der Waals surface area (Å²) in [6.07, 6.45) is 6.80. The monoisotopic (exact) mass is 254 g/mol. The summed E-state index contributed by atoms with van der Waals surface area (Å²) < 4.78 is 10.7. The number of ether oxygens (including phenoxy) is 2. The molecule has 2 unspecified atom stereocenters. The maximum absolute atomic E-state index is 11.5. The van der Waals surface area contributed by atoms with E-state index in [2.05, 4.69) is 0 Å². The number of carbonyl (C=O) groups excluding carboxylic acids is 2. The SMILES string of the molecule is O=C1CCCCC(=O)OCC2CCCCC2CO1. The molecule has 0 aromatic carbocycles. The molecule has 102 valence electrons. The van der Waals surface area contributed by atoms with Gasteiger partial charge in [0.1, 0.15) is 0 Å². The van der Waals surface area contributed by atoms with E-state index < -0.39 is 0 Å². The fourth-order valence-corrected chi connectivity index (χ4v) is 2.81. The summed E-state index contributed by atoms with van der Waals surface area (Å²) in [5.41, 5.74) is 0. The summed E-state index contributed by atoms with van der Waals surface area (Å²) in [4.78, 5) is 23.0. The normalized spacial score (nSPS) is 31.3. The number of hydrogen-bond donors (Lipinski definition) is 0. The van der Waals surface area contributed by atoms with Gasteiger partial charge in [0.2, 0.25) is 0 Å². The minimum absolute atomic E-state index is 0.117. The first-order valence-electron chi connectivity index (χ1n) is 7.07. The molecule has 0 radical (unpaired) electrons. The number of cyclic esters (lactones) is 2. The number of rotatable bonds is 0. The fourth-order valence-electron chi connectivity index (χ4n) is 2.81. The van der Waals surface area contributed by atoms with Crippen LogP contribution in [0.1, 0.15) is 51.4 Å². The van der Waals surface area contributed by atoms with Crippen LogP contribution in [-0.2, 0) is 19.1 Å². The molecule has 0 amide bonds. The topological polar surface area (TPSA) is 52.6 Å². The van der Waals surface area contributed by atoms with Crippen molar-refractivity contribution in [3.8, 4) is 0 Å². The highest BCUT2D eigenvalue weighted by Crippen LogP contribution is 2.31. The Morgan fingerprint density at radius 3 is 1.61 bits per heavy atom. The van der Waals surface area contributed by atoms with Crippen molar-refractivity contribution >= 4 is 11.9 Å². The van der Waals surface area contributed by atoms with Gasteiger partial charge in [0.15, 0.2) is 0 Å². The van der Waals surface area contributed by atoms with Gasteiger partial charge in [0, 0.05) is 12.8 Å². The molecular weight excluding hydrogens is 232 g/mol. The average Bonchev–Trinajstić information content (AvgIpc) is 2.38. The lowest BCUT2D eigenvalue weighted by molar-refractivity contribution is -0.151. The van der Waals surface area contributed by atoms with Crippen LogP contribution in [0.2, 0.25) is 0 Å². The van der Waals surface area contributed by atoms with Crippen molar-refractivity contribution in [2.45, 2.75) is 51.4 Å². The molecule has 1 aliphatic carbocycles. The minimum Gasteiger partial charge on any atom is -0.465 e. The van der Waals surface area contributed by atoms with E-state index in [1.807, 2.05) is 0 Å². The second-order valence-electron chi connectivity index (χ2n) is 5.38. The van der Waals surface area contributed by atoms with Crippen molar-refractivity contribution in [2.24, 2.45) is 11.8 Å². The predicted octanol–water partition coefficient (Wildman–Crippen LogP) is 2.45. The van der Waals surface area contributed by atoms with Crippen LogP contribution in [-0.4, -0.2) is 25.2 Å². The summed E-state index contributed by atoms with van der Waals surface area (Å²) in [6.45, 7) is 1.00. The third-order valence-corrected chi connectivity index (χ3v) is 4.00. The Balaban J connectivity index is 1.93. The quantitative estimate of drug-likeness (QED) is 0.623. The van der Waals surface area contributed by atoms with Crippen molar-refractivity contribution in [3.63, 3.8) is 0 Å². The van der Waals surface area contributed by atoms with Crippen LogP contribution >= 0.6 is 0 Å². The van der Waals surface area contributed by atoms with Gasteiger partial charge in [-0.3, -0.25) is 9.59 Å². The number of fused-ring (bicyclic) bond motifs is 1. The van der Waals surface area contributed by atoms with Gasteiger partial charge in [-0.15, -0.1) is 0 Å². The predicted molar refractivity (Wildman–Crippen MR) is 65.8 cm³/mol.